The van der Waals surface area contributed by atoms with E-state index in [1.807, 2.05) is 6.07 Å². The Labute approximate surface area is 156 Å². The summed E-state index contributed by atoms with van der Waals surface area (Å²) in [7, 11) is 0. The molecule has 0 spiro atoms. The van der Waals surface area contributed by atoms with Crippen molar-refractivity contribution < 1.29 is 9.59 Å². The third kappa shape index (κ3) is 3.84. The fourth-order valence-electron chi connectivity index (χ4n) is 2.42. The first-order valence-corrected chi connectivity index (χ1v) is 8.24. The van der Waals surface area contributed by atoms with Gasteiger partial charge in [0.25, 0.3) is 0 Å². The molecule has 0 saturated carbocycles. The van der Waals surface area contributed by atoms with E-state index in [9.17, 15) is 9.59 Å². The Morgan fingerprint density at radius 1 is 0.808 bits per heavy atom. The molecule has 0 bridgehead atoms. The first-order chi connectivity index (χ1) is 12.6. The van der Waals surface area contributed by atoms with E-state index < -0.39 is 11.8 Å². The van der Waals surface area contributed by atoms with Crippen molar-refractivity contribution in [1.29, 1.82) is 0 Å². The molecule has 3 N–H and O–H groups in total. The zero-order valence-electron chi connectivity index (χ0n) is 13.7. The number of hydrogen-bond acceptors (Lipinski definition) is 3. The summed E-state index contributed by atoms with van der Waals surface area (Å²) in [5, 5.41) is 2.91. The average Bonchev–Trinajstić information content (AvgIpc) is 2.66. The lowest BCUT2D eigenvalue weighted by Crippen LogP contribution is -2.36. The standard InChI is InChI=1S/C20H16ClN3O2/c21-17-8-4-5-9-18(17)23-19(25)20(26)24(15-6-2-1-3-7-15)16-12-10-14(22)11-13-16/h1-13H,22H2,(H,23,25). The maximum absolute atomic E-state index is 12.9. The first-order valence-electron chi connectivity index (χ1n) is 7.87. The number of carbonyl (C=O) groups excluding carboxylic acids is 2. The predicted molar refractivity (Wildman–Crippen MR) is 105 cm³/mol. The highest BCUT2D eigenvalue weighted by Crippen LogP contribution is 2.27. The van der Waals surface area contributed by atoms with Crippen LogP contribution in [0.15, 0.2) is 78.9 Å². The van der Waals surface area contributed by atoms with E-state index in [1.165, 1.54) is 4.90 Å². The van der Waals surface area contributed by atoms with Gasteiger partial charge in [0.1, 0.15) is 0 Å². The minimum atomic E-state index is -0.793. The molecular formula is C20H16ClN3O2. The van der Waals surface area contributed by atoms with Crippen LogP contribution in [0.4, 0.5) is 22.7 Å². The summed E-state index contributed by atoms with van der Waals surface area (Å²) in [5.74, 6) is -1.53. The second-order valence-corrected chi connectivity index (χ2v) is 5.91. The second-order valence-electron chi connectivity index (χ2n) is 5.50. The zero-order valence-corrected chi connectivity index (χ0v) is 14.5. The van der Waals surface area contributed by atoms with Crippen LogP contribution in [-0.2, 0) is 9.59 Å². The topological polar surface area (TPSA) is 75.4 Å². The minimum Gasteiger partial charge on any atom is -0.399 e. The lowest BCUT2D eigenvalue weighted by Gasteiger charge is -2.22. The number of nitrogens with one attached hydrogen (secondary N) is 1. The maximum atomic E-state index is 12.9. The van der Waals surface area contributed by atoms with Crippen LogP contribution in [-0.4, -0.2) is 11.8 Å². The van der Waals surface area contributed by atoms with Crippen LogP contribution in [0.5, 0.6) is 0 Å². The molecule has 0 aliphatic heterocycles. The Kier molecular flexibility index (Phi) is 5.20. The zero-order chi connectivity index (χ0) is 18.5. The van der Waals surface area contributed by atoms with Gasteiger partial charge in [0.05, 0.1) is 10.7 Å². The van der Waals surface area contributed by atoms with Gasteiger partial charge in [-0.25, -0.2) is 0 Å². The van der Waals surface area contributed by atoms with Gasteiger partial charge in [-0.3, -0.25) is 14.5 Å². The summed E-state index contributed by atoms with van der Waals surface area (Å²) in [6.07, 6.45) is 0. The number of carbonyl (C=O) groups is 2. The second kappa shape index (κ2) is 7.72. The van der Waals surface area contributed by atoms with Crippen molar-refractivity contribution in [3.8, 4) is 0 Å². The largest absolute Gasteiger partial charge is 0.399 e. The molecule has 6 heteroatoms. The molecule has 0 aromatic heterocycles. The maximum Gasteiger partial charge on any atom is 0.321 e. The Morgan fingerprint density at radius 3 is 2.04 bits per heavy atom. The third-order valence-electron chi connectivity index (χ3n) is 3.69. The lowest BCUT2D eigenvalue weighted by molar-refractivity contribution is -0.134. The van der Waals surface area contributed by atoms with E-state index >= 15 is 0 Å². The number of benzene rings is 3. The Hall–Kier alpha value is -3.31. The van der Waals surface area contributed by atoms with Gasteiger partial charge in [-0.05, 0) is 48.5 Å². The fourth-order valence-corrected chi connectivity index (χ4v) is 2.61. The van der Waals surface area contributed by atoms with Crippen LogP contribution in [0, 0.1) is 0 Å². The molecule has 0 atom stereocenters. The quantitative estimate of drug-likeness (QED) is 0.538. The van der Waals surface area contributed by atoms with E-state index in [0.717, 1.165) is 0 Å². The van der Waals surface area contributed by atoms with E-state index in [-0.39, 0.29) is 0 Å². The summed E-state index contributed by atoms with van der Waals surface area (Å²) >= 11 is 6.05. The fraction of sp³-hybridized carbons (Fsp3) is 0. The van der Waals surface area contributed by atoms with Gasteiger partial charge in [0.15, 0.2) is 0 Å². The number of anilines is 4. The van der Waals surface area contributed by atoms with Gasteiger partial charge in [0, 0.05) is 17.1 Å². The van der Waals surface area contributed by atoms with Crippen LogP contribution < -0.4 is 16.0 Å². The molecule has 0 aliphatic rings. The van der Waals surface area contributed by atoms with Crippen LogP contribution in [0.3, 0.4) is 0 Å². The number of amides is 2. The first kappa shape index (κ1) is 17.5. The molecule has 0 heterocycles. The van der Waals surface area contributed by atoms with E-state index in [2.05, 4.69) is 5.32 Å². The monoisotopic (exact) mass is 365 g/mol. The highest BCUT2D eigenvalue weighted by atomic mass is 35.5. The number of rotatable bonds is 3. The highest BCUT2D eigenvalue weighted by Gasteiger charge is 2.25. The predicted octanol–water partition coefficient (Wildman–Crippen LogP) is 4.23. The molecule has 26 heavy (non-hydrogen) atoms. The highest BCUT2D eigenvalue weighted by molar-refractivity contribution is 6.46. The minimum absolute atomic E-state index is 0.354. The normalized spacial score (nSPS) is 10.2. The van der Waals surface area contributed by atoms with Gasteiger partial charge in [0.2, 0.25) is 0 Å². The van der Waals surface area contributed by atoms with E-state index in [4.69, 9.17) is 17.3 Å². The van der Waals surface area contributed by atoms with Gasteiger partial charge < -0.3 is 11.1 Å². The van der Waals surface area contributed by atoms with Gasteiger partial charge >= 0.3 is 11.8 Å². The number of nitrogens with two attached hydrogens (primary N) is 1. The summed E-state index contributed by atoms with van der Waals surface area (Å²) < 4.78 is 0. The number of halogens is 1. The van der Waals surface area contributed by atoms with Crippen molar-refractivity contribution in [2.24, 2.45) is 0 Å². The van der Waals surface area contributed by atoms with Crippen molar-refractivity contribution in [2.45, 2.75) is 0 Å². The van der Waals surface area contributed by atoms with Crippen LogP contribution in [0.25, 0.3) is 0 Å². The van der Waals surface area contributed by atoms with Crippen molar-refractivity contribution in [1.82, 2.24) is 0 Å². The molecule has 0 fully saturated rings. The SMILES string of the molecule is Nc1ccc(N(C(=O)C(=O)Nc2ccccc2Cl)c2ccccc2)cc1. The molecule has 0 radical (unpaired) electrons. The molecule has 5 nitrogen and oxygen atoms in total. The molecule has 130 valence electrons. The summed E-state index contributed by atoms with van der Waals surface area (Å²) in [6, 6.07) is 22.3. The van der Waals surface area contributed by atoms with Crippen molar-refractivity contribution in [3.05, 3.63) is 83.9 Å². The molecule has 0 saturated heterocycles. The van der Waals surface area contributed by atoms with Crippen molar-refractivity contribution >= 4 is 46.2 Å². The van der Waals surface area contributed by atoms with E-state index in [1.54, 1.807) is 72.8 Å². The summed E-state index contributed by atoms with van der Waals surface area (Å²) in [5.41, 5.74) is 7.76. The van der Waals surface area contributed by atoms with Crippen LogP contribution in [0.1, 0.15) is 0 Å². The van der Waals surface area contributed by atoms with E-state index in [0.29, 0.717) is 27.8 Å². The number of nitrogens with zero attached hydrogens (tertiary/aromatic N) is 1. The Balaban J connectivity index is 1.93. The average molecular weight is 366 g/mol. The molecule has 0 aliphatic carbocycles. The van der Waals surface area contributed by atoms with Gasteiger partial charge in [-0.15, -0.1) is 0 Å². The molecule has 3 rings (SSSR count). The molecule has 3 aromatic carbocycles. The van der Waals surface area contributed by atoms with Crippen molar-refractivity contribution in [2.75, 3.05) is 16.0 Å². The summed E-state index contributed by atoms with van der Waals surface area (Å²) in [6.45, 7) is 0. The number of nitrogen functional groups attached to an aromatic ring is 1. The van der Waals surface area contributed by atoms with Crippen LogP contribution >= 0.6 is 11.6 Å². The van der Waals surface area contributed by atoms with Gasteiger partial charge in [-0.1, -0.05) is 41.9 Å². The smallest absolute Gasteiger partial charge is 0.321 e. The summed E-state index contributed by atoms with van der Waals surface area (Å²) in [4.78, 5) is 26.7. The molecule has 2 amide bonds. The van der Waals surface area contributed by atoms with Crippen molar-refractivity contribution in [3.63, 3.8) is 0 Å². The molecule has 0 unspecified atom stereocenters. The lowest BCUT2D eigenvalue weighted by atomic mass is 10.2. The Bertz CT molecular complexity index is 927. The molecule has 3 aromatic rings. The van der Waals surface area contributed by atoms with Crippen LogP contribution in [0.2, 0.25) is 5.02 Å². The van der Waals surface area contributed by atoms with Gasteiger partial charge in [-0.2, -0.15) is 0 Å². The Morgan fingerprint density at radius 2 is 1.38 bits per heavy atom. The number of para-hydroxylation sites is 2. The number of hydrogen-bond donors (Lipinski definition) is 2. The molecular weight excluding hydrogens is 350 g/mol. The third-order valence-corrected chi connectivity index (χ3v) is 4.01.